The molecule has 2 rings (SSSR count). The molecule has 0 aliphatic carbocycles. The summed E-state index contributed by atoms with van der Waals surface area (Å²) in [7, 11) is 0. The van der Waals surface area contributed by atoms with Crippen LogP contribution in [0.3, 0.4) is 0 Å². The Balaban J connectivity index is 2.08. The van der Waals surface area contributed by atoms with E-state index in [1.165, 1.54) is 6.07 Å². The molecule has 8 heteroatoms. The second-order valence-electron chi connectivity index (χ2n) is 4.34. The number of hydrogen-bond donors (Lipinski definition) is 3. The monoisotopic (exact) mass is 282 g/mol. The van der Waals surface area contributed by atoms with Crippen LogP contribution in [-0.4, -0.2) is 42.5 Å². The molecular weight excluding hydrogens is 264 g/mol. The van der Waals surface area contributed by atoms with Crippen LogP contribution >= 0.6 is 0 Å². The SMILES string of the molecule is CCNCC(O)CO[N+]1([O-])N=CN(O)c2ccccc21. The van der Waals surface area contributed by atoms with Gasteiger partial charge in [-0.25, -0.2) is 5.06 Å². The van der Waals surface area contributed by atoms with E-state index in [-0.39, 0.29) is 12.3 Å². The molecule has 3 N–H and O–H groups in total. The first-order valence-corrected chi connectivity index (χ1v) is 6.33. The minimum Gasteiger partial charge on any atom is -0.565 e. The first kappa shape index (κ1) is 14.9. The Kier molecular flexibility index (Phi) is 4.65. The van der Waals surface area contributed by atoms with Crippen LogP contribution < -0.4 is 15.3 Å². The third-order valence-corrected chi connectivity index (χ3v) is 2.82. The summed E-state index contributed by atoms with van der Waals surface area (Å²) in [6.45, 7) is 2.78. The Morgan fingerprint density at radius 2 is 2.25 bits per heavy atom. The lowest BCUT2D eigenvalue weighted by atomic mass is 10.2. The smallest absolute Gasteiger partial charge is 0.219 e. The number of rotatable bonds is 6. The number of nitrogens with one attached hydrogen (secondary N) is 1. The Morgan fingerprint density at radius 1 is 1.50 bits per heavy atom. The average Bonchev–Trinajstić information content (AvgIpc) is 2.47. The minimum atomic E-state index is -1.42. The number of anilines is 1. The number of aliphatic hydroxyl groups excluding tert-OH is 1. The second-order valence-corrected chi connectivity index (χ2v) is 4.34. The summed E-state index contributed by atoms with van der Waals surface area (Å²) in [6.07, 6.45) is 0.167. The number of benzene rings is 1. The fraction of sp³-hybridized carbons (Fsp3) is 0.417. The van der Waals surface area contributed by atoms with Gasteiger partial charge in [-0.1, -0.05) is 19.1 Å². The van der Waals surface area contributed by atoms with E-state index in [0.717, 1.165) is 17.9 Å². The third-order valence-electron chi connectivity index (χ3n) is 2.82. The molecular formula is C12H18N4O4. The zero-order valence-electron chi connectivity index (χ0n) is 11.1. The predicted molar refractivity (Wildman–Crippen MR) is 74.9 cm³/mol. The molecule has 0 bridgehead atoms. The Labute approximate surface area is 116 Å². The highest BCUT2D eigenvalue weighted by molar-refractivity contribution is 5.86. The van der Waals surface area contributed by atoms with Crippen LogP contribution in [0.15, 0.2) is 29.4 Å². The maximum atomic E-state index is 12.5. The number of quaternary nitrogens is 1. The molecule has 0 saturated heterocycles. The number of likely N-dealkylation sites (N-methyl/N-ethyl adjacent to an activating group) is 1. The van der Waals surface area contributed by atoms with Gasteiger partial charge >= 0.3 is 0 Å². The zero-order chi connectivity index (χ0) is 14.6. The molecule has 0 radical (unpaired) electrons. The van der Waals surface area contributed by atoms with Crippen molar-refractivity contribution in [2.75, 3.05) is 24.8 Å². The molecule has 0 fully saturated rings. The number of fused-ring (bicyclic) bond motifs is 1. The van der Waals surface area contributed by atoms with Crippen molar-refractivity contribution in [2.24, 2.45) is 5.10 Å². The van der Waals surface area contributed by atoms with E-state index in [9.17, 15) is 15.5 Å². The van der Waals surface area contributed by atoms with Gasteiger partial charge in [0.2, 0.25) is 5.69 Å². The fourth-order valence-electron chi connectivity index (χ4n) is 1.80. The normalized spacial score (nSPS) is 22.7. The van der Waals surface area contributed by atoms with Crippen LogP contribution in [0.5, 0.6) is 0 Å². The van der Waals surface area contributed by atoms with E-state index in [0.29, 0.717) is 12.2 Å². The lowest BCUT2D eigenvalue weighted by molar-refractivity contribution is -0.136. The molecule has 20 heavy (non-hydrogen) atoms. The van der Waals surface area contributed by atoms with Crippen molar-refractivity contribution >= 4 is 17.7 Å². The maximum absolute atomic E-state index is 12.5. The molecule has 1 aromatic rings. The quantitative estimate of drug-likeness (QED) is 0.520. The van der Waals surface area contributed by atoms with Gasteiger partial charge in [0.05, 0.1) is 6.10 Å². The number of para-hydroxylation sites is 1. The summed E-state index contributed by atoms with van der Waals surface area (Å²) in [6, 6.07) is 6.42. The Morgan fingerprint density at radius 3 is 3.00 bits per heavy atom. The summed E-state index contributed by atoms with van der Waals surface area (Å²) < 4.78 is 0. The van der Waals surface area contributed by atoms with Gasteiger partial charge in [-0.05, 0) is 22.6 Å². The van der Waals surface area contributed by atoms with Crippen LogP contribution in [0.25, 0.3) is 0 Å². The summed E-state index contributed by atoms with van der Waals surface area (Å²) >= 11 is 0. The van der Waals surface area contributed by atoms with E-state index in [2.05, 4.69) is 10.4 Å². The molecule has 110 valence electrons. The number of nitrogens with zero attached hydrogens (tertiary/aromatic N) is 3. The number of hydrogen-bond acceptors (Lipinski definition) is 7. The molecule has 0 amide bonds. The summed E-state index contributed by atoms with van der Waals surface area (Å²) in [4.78, 5) is 3.74. The number of aliphatic hydroxyl groups is 1. The van der Waals surface area contributed by atoms with Gasteiger partial charge in [-0.3, -0.25) is 5.21 Å². The van der Waals surface area contributed by atoms with Crippen LogP contribution in [-0.2, 0) is 4.84 Å². The molecule has 2 atom stereocenters. The molecule has 2 unspecified atom stereocenters. The van der Waals surface area contributed by atoms with Crippen LogP contribution in [0.2, 0.25) is 0 Å². The highest BCUT2D eigenvalue weighted by Gasteiger charge is 2.32. The number of hydroxylamine groups is 1. The standard InChI is InChI=1S/C12H18N4O4/c1-2-13-7-10(17)8-20-16(19)12-6-4-3-5-11(12)15(18)9-14-16/h3-6,9-10,13,17-18H,2,7-8H2,1H3. The summed E-state index contributed by atoms with van der Waals surface area (Å²) in [5.41, 5.74) is 0.437. The van der Waals surface area contributed by atoms with E-state index in [1.807, 2.05) is 6.92 Å². The molecule has 0 aromatic heterocycles. The van der Waals surface area contributed by atoms with Crippen molar-refractivity contribution in [1.29, 1.82) is 0 Å². The van der Waals surface area contributed by atoms with E-state index >= 15 is 0 Å². The largest absolute Gasteiger partial charge is 0.565 e. The average molecular weight is 282 g/mol. The molecule has 0 spiro atoms. The molecule has 1 aliphatic rings. The zero-order valence-corrected chi connectivity index (χ0v) is 11.1. The van der Waals surface area contributed by atoms with Gasteiger partial charge in [0.15, 0.2) is 6.34 Å². The van der Waals surface area contributed by atoms with Gasteiger partial charge in [0.25, 0.3) is 0 Å². The molecule has 1 aromatic carbocycles. The van der Waals surface area contributed by atoms with Crippen molar-refractivity contribution in [3.8, 4) is 0 Å². The van der Waals surface area contributed by atoms with Crippen molar-refractivity contribution in [1.82, 2.24) is 10.2 Å². The lowest BCUT2D eigenvalue weighted by Gasteiger charge is -2.36. The Bertz CT molecular complexity index is 484. The van der Waals surface area contributed by atoms with Gasteiger partial charge in [-0.15, -0.1) is 0 Å². The van der Waals surface area contributed by atoms with Gasteiger partial charge in [-0.2, -0.15) is 4.84 Å². The lowest BCUT2D eigenvalue weighted by Crippen LogP contribution is -2.45. The van der Waals surface area contributed by atoms with Gasteiger partial charge in [0.1, 0.15) is 12.3 Å². The van der Waals surface area contributed by atoms with Gasteiger partial charge < -0.3 is 15.6 Å². The first-order valence-electron chi connectivity index (χ1n) is 6.33. The van der Waals surface area contributed by atoms with Crippen LogP contribution in [0.4, 0.5) is 11.4 Å². The fourth-order valence-corrected chi connectivity index (χ4v) is 1.80. The highest BCUT2D eigenvalue weighted by atomic mass is 17.0. The second kappa shape index (κ2) is 6.27. The van der Waals surface area contributed by atoms with E-state index in [4.69, 9.17) is 4.84 Å². The molecule has 1 aliphatic heterocycles. The van der Waals surface area contributed by atoms with Crippen molar-refractivity contribution < 1.29 is 15.2 Å². The third kappa shape index (κ3) is 3.12. The van der Waals surface area contributed by atoms with Crippen molar-refractivity contribution in [2.45, 2.75) is 13.0 Å². The topological polar surface area (TPSA) is 100 Å². The molecule has 8 nitrogen and oxygen atoms in total. The molecule has 0 saturated carbocycles. The van der Waals surface area contributed by atoms with E-state index in [1.54, 1.807) is 18.2 Å². The van der Waals surface area contributed by atoms with Crippen LogP contribution in [0.1, 0.15) is 6.92 Å². The maximum Gasteiger partial charge on any atom is 0.219 e. The Hall–Kier alpha value is -1.55. The van der Waals surface area contributed by atoms with Crippen molar-refractivity contribution in [3.63, 3.8) is 0 Å². The summed E-state index contributed by atoms with van der Waals surface area (Å²) in [5.74, 6) is 0. The predicted octanol–water partition coefficient (Wildman–Crippen LogP) is 0.546. The highest BCUT2D eigenvalue weighted by Crippen LogP contribution is 2.36. The summed E-state index contributed by atoms with van der Waals surface area (Å²) in [5, 5.41) is 39.1. The minimum absolute atomic E-state index is 0.146. The molecule has 1 heterocycles. The van der Waals surface area contributed by atoms with E-state index < -0.39 is 11.0 Å². The first-order chi connectivity index (χ1) is 9.57. The van der Waals surface area contributed by atoms with Gasteiger partial charge in [0, 0.05) is 12.6 Å². The van der Waals surface area contributed by atoms with Crippen LogP contribution in [0, 0.1) is 5.21 Å². The van der Waals surface area contributed by atoms with Crippen molar-refractivity contribution in [3.05, 3.63) is 29.5 Å².